The van der Waals surface area contributed by atoms with Crippen molar-refractivity contribution in [2.45, 2.75) is 91.0 Å². The summed E-state index contributed by atoms with van der Waals surface area (Å²) in [6.45, 7) is 8.18. The molecule has 0 aromatic rings. The maximum absolute atomic E-state index is 3.74. The van der Waals surface area contributed by atoms with Crippen LogP contribution in [-0.2, 0) is 0 Å². The molecule has 0 amide bonds. The summed E-state index contributed by atoms with van der Waals surface area (Å²) < 4.78 is 0. The van der Waals surface area contributed by atoms with Crippen molar-refractivity contribution in [3.8, 4) is 0 Å². The smallest absolute Gasteiger partial charge is 0.00697 e. The maximum Gasteiger partial charge on any atom is 0.00697 e. The zero-order chi connectivity index (χ0) is 13.2. The van der Waals surface area contributed by atoms with Crippen molar-refractivity contribution in [3.05, 3.63) is 0 Å². The van der Waals surface area contributed by atoms with E-state index in [1.54, 1.807) is 0 Å². The molecule has 3 unspecified atom stereocenters. The van der Waals surface area contributed by atoms with E-state index in [0.29, 0.717) is 0 Å². The zero-order valence-electron chi connectivity index (χ0n) is 13.0. The second-order valence-electron chi connectivity index (χ2n) is 6.34. The summed E-state index contributed by atoms with van der Waals surface area (Å²) in [6, 6.07) is 0.826. The van der Waals surface area contributed by atoms with Crippen molar-refractivity contribution in [3.63, 3.8) is 0 Å². The van der Waals surface area contributed by atoms with Gasteiger partial charge >= 0.3 is 0 Å². The summed E-state index contributed by atoms with van der Waals surface area (Å²) in [6.07, 6.45) is 14.2. The van der Waals surface area contributed by atoms with Crippen LogP contribution in [0.25, 0.3) is 0 Å². The van der Waals surface area contributed by atoms with Crippen LogP contribution < -0.4 is 5.32 Å². The Morgan fingerprint density at radius 1 is 1.11 bits per heavy atom. The van der Waals surface area contributed by atoms with Gasteiger partial charge in [-0.3, -0.25) is 0 Å². The van der Waals surface area contributed by atoms with E-state index < -0.39 is 0 Å². The molecule has 18 heavy (non-hydrogen) atoms. The molecule has 3 atom stereocenters. The van der Waals surface area contributed by atoms with Crippen LogP contribution in [0.2, 0.25) is 0 Å². The monoisotopic (exact) mass is 253 g/mol. The molecule has 108 valence electrons. The Balaban J connectivity index is 2.26. The van der Waals surface area contributed by atoms with E-state index in [2.05, 4.69) is 26.1 Å². The molecular weight excluding hydrogens is 218 g/mol. The molecule has 1 aliphatic carbocycles. The quantitative estimate of drug-likeness (QED) is 0.599. The largest absolute Gasteiger partial charge is 0.314 e. The second-order valence-corrected chi connectivity index (χ2v) is 6.34. The molecule has 1 saturated carbocycles. The number of nitrogens with one attached hydrogen (secondary N) is 1. The summed E-state index contributed by atoms with van der Waals surface area (Å²) in [4.78, 5) is 0. The number of unbranched alkanes of at least 4 members (excludes halogenated alkanes) is 1. The number of hydrogen-bond donors (Lipinski definition) is 1. The van der Waals surface area contributed by atoms with E-state index in [4.69, 9.17) is 0 Å². The van der Waals surface area contributed by atoms with Crippen LogP contribution in [0, 0.1) is 11.8 Å². The van der Waals surface area contributed by atoms with Gasteiger partial charge in [0.15, 0.2) is 0 Å². The third kappa shape index (κ3) is 6.22. The molecule has 1 fully saturated rings. The Hall–Kier alpha value is -0.0400. The highest BCUT2D eigenvalue weighted by atomic mass is 14.9. The van der Waals surface area contributed by atoms with Gasteiger partial charge in [0.2, 0.25) is 0 Å². The first kappa shape index (κ1) is 16.0. The van der Waals surface area contributed by atoms with Crippen molar-refractivity contribution in [1.29, 1.82) is 0 Å². The van der Waals surface area contributed by atoms with Gasteiger partial charge in [-0.1, -0.05) is 59.3 Å². The van der Waals surface area contributed by atoms with Gasteiger partial charge in [0, 0.05) is 6.04 Å². The van der Waals surface area contributed by atoms with Gasteiger partial charge in [0.05, 0.1) is 0 Å². The minimum absolute atomic E-state index is 0.826. The van der Waals surface area contributed by atoms with E-state index in [0.717, 1.165) is 17.9 Å². The van der Waals surface area contributed by atoms with E-state index in [1.807, 2.05) is 0 Å². The van der Waals surface area contributed by atoms with Gasteiger partial charge in [-0.05, 0) is 44.1 Å². The summed E-state index contributed by atoms with van der Waals surface area (Å²) in [5.74, 6) is 2.01. The minimum Gasteiger partial charge on any atom is -0.314 e. The first-order chi connectivity index (χ1) is 8.80. The molecule has 0 aliphatic heterocycles. The average Bonchev–Trinajstić information content (AvgIpc) is 2.41. The van der Waals surface area contributed by atoms with Crippen molar-refractivity contribution in [2.24, 2.45) is 11.8 Å². The molecule has 0 spiro atoms. The third-order valence-electron chi connectivity index (χ3n) is 4.68. The van der Waals surface area contributed by atoms with Crippen molar-refractivity contribution >= 4 is 0 Å². The lowest BCUT2D eigenvalue weighted by atomic mass is 9.78. The predicted octanol–water partition coefficient (Wildman–Crippen LogP) is 5.15. The zero-order valence-corrected chi connectivity index (χ0v) is 13.0. The van der Waals surface area contributed by atoms with Crippen LogP contribution >= 0.6 is 0 Å². The number of rotatable bonds is 9. The SMILES string of the molecule is CCCCC(CC)CC1CCCC(NCCC)C1. The maximum atomic E-state index is 3.74. The molecule has 1 nitrogen and oxygen atoms in total. The fourth-order valence-electron chi connectivity index (χ4n) is 3.49. The summed E-state index contributed by atoms with van der Waals surface area (Å²) >= 11 is 0. The standard InChI is InChI=1S/C17H35N/c1-4-7-9-15(6-3)13-16-10-8-11-17(14-16)18-12-5-2/h15-18H,4-14H2,1-3H3. The van der Waals surface area contributed by atoms with E-state index in [9.17, 15) is 0 Å². The average molecular weight is 253 g/mol. The van der Waals surface area contributed by atoms with Crippen LogP contribution in [0.5, 0.6) is 0 Å². The summed E-state index contributed by atoms with van der Waals surface area (Å²) in [7, 11) is 0. The third-order valence-corrected chi connectivity index (χ3v) is 4.68. The molecule has 0 saturated heterocycles. The first-order valence-corrected chi connectivity index (χ1v) is 8.53. The van der Waals surface area contributed by atoms with Crippen LogP contribution in [-0.4, -0.2) is 12.6 Å². The lowest BCUT2D eigenvalue weighted by Crippen LogP contribution is -2.35. The van der Waals surface area contributed by atoms with Gasteiger partial charge in [-0.25, -0.2) is 0 Å². The summed E-state index contributed by atoms with van der Waals surface area (Å²) in [5, 5.41) is 3.74. The van der Waals surface area contributed by atoms with Gasteiger partial charge in [-0.15, -0.1) is 0 Å². The topological polar surface area (TPSA) is 12.0 Å². The minimum atomic E-state index is 0.826. The van der Waals surface area contributed by atoms with Crippen molar-refractivity contribution in [2.75, 3.05) is 6.54 Å². The second kappa shape index (κ2) is 9.83. The summed E-state index contributed by atoms with van der Waals surface area (Å²) in [5.41, 5.74) is 0. The van der Waals surface area contributed by atoms with Gasteiger partial charge in [0.1, 0.15) is 0 Å². The van der Waals surface area contributed by atoms with E-state index >= 15 is 0 Å². The van der Waals surface area contributed by atoms with Crippen LogP contribution in [0.4, 0.5) is 0 Å². The first-order valence-electron chi connectivity index (χ1n) is 8.53. The highest BCUT2D eigenvalue weighted by molar-refractivity contribution is 4.79. The van der Waals surface area contributed by atoms with E-state index in [-0.39, 0.29) is 0 Å². The van der Waals surface area contributed by atoms with Gasteiger partial charge < -0.3 is 5.32 Å². The van der Waals surface area contributed by atoms with Crippen molar-refractivity contribution < 1.29 is 0 Å². The predicted molar refractivity (Wildman–Crippen MR) is 82.0 cm³/mol. The van der Waals surface area contributed by atoms with E-state index in [1.165, 1.54) is 70.8 Å². The molecule has 1 N–H and O–H groups in total. The molecule has 0 aromatic carbocycles. The van der Waals surface area contributed by atoms with Crippen LogP contribution in [0.3, 0.4) is 0 Å². The molecule has 0 bridgehead atoms. The van der Waals surface area contributed by atoms with Crippen molar-refractivity contribution in [1.82, 2.24) is 5.32 Å². The lowest BCUT2D eigenvalue weighted by Gasteiger charge is -2.32. The molecule has 1 rings (SSSR count). The Morgan fingerprint density at radius 2 is 1.94 bits per heavy atom. The van der Waals surface area contributed by atoms with Gasteiger partial charge in [-0.2, -0.15) is 0 Å². The molecule has 1 heteroatoms. The molecule has 1 aliphatic rings. The highest BCUT2D eigenvalue weighted by Crippen LogP contribution is 2.32. The highest BCUT2D eigenvalue weighted by Gasteiger charge is 2.23. The Morgan fingerprint density at radius 3 is 2.61 bits per heavy atom. The normalized spacial score (nSPS) is 26.2. The Labute approximate surface area is 115 Å². The Kier molecular flexibility index (Phi) is 8.75. The van der Waals surface area contributed by atoms with Gasteiger partial charge in [0.25, 0.3) is 0 Å². The van der Waals surface area contributed by atoms with Crippen LogP contribution in [0.15, 0.2) is 0 Å². The molecule has 0 radical (unpaired) electrons. The Bertz CT molecular complexity index is 190. The fourth-order valence-corrected chi connectivity index (χ4v) is 3.49. The molecule has 0 heterocycles. The molecule has 0 aromatic heterocycles. The van der Waals surface area contributed by atoms with Crippen LogP contribution in [0.1, 0.15) is 85.0 Å². The number of hydrogen-bond acceptors (Lipinski definition) is 1. The fraction of sp³-hybridized carbons (Fsp3) is 1.00. The lowest BCUT2D eigenvalue weighted by molar-refractivity contribution is 0.233. The molecular formula is C17H35N.